The zero-order valence-corrected chi connectivity index (χ0v) is 14.5. The summed E-state index contributed by atoms with van der Waals surface area (Å²) < 4.78 is 0. The highest BCUT2D eigenvalue weighted by molar-refractivity contribution is 6.12. The van der Waals surface area contributed by atoms with Crippen LogP contribution in [0.4, 0.5) is 17.2 Å². The minimum absolute atomic E-state index is 0.0200. The first kappa shape index (κ1) is 16.5. The number of amides is 1. The Morgan fingerprint density at radius 3 is 2.62 bits per heavy atom. The second-order valence-corrected chi connectivity index (χ2v) is 6.34. The van der Waals surface area contributed by atoms with E-state index in [0.717, 1.165) is 36.7 Å². The number of aromatic nitrogens is 1. The second-order valence-electron chi connectivity index (χ2n) is 6.34. The monoisotopic (exact) mass is 324 g/mol. The molecule has 24 heavy (non-hydrogen) atoms. The Morgan fingerprint density at radius 1 is 1.12 bits per heavy atom. The maximum absolute atomic E-state index is 12.8. The summed E-state index contributed by atoms with van der Waals surface area (Å²) >= 11 is 0. The molecule has 1 aromatic carbocycles. The van der Waals surface area contributed by atoms with Gasteiger partial charge in [-0.3, -0.25) is 4.79 Å². The predicted molar refractivity (Wildman–Crippen MR) is 98.2 cm³/mol. The van der Waals surface area contributed by atoms with E-state index in [0.29, 0.717) is 11.6 Å². The van der Waals surface area contributed by atoms with Gasteiger partial charge in [0.1, 0.15) is 5.82 Å². The Labute approximate surface area is 143 Å². The lowest BCUT2D eigenvalue weighted by molar-refractivity contribution is 0.0994. The van der Waals surface area contributed by atoms with Gasteiger partial charge in [0.05, 0.1) is 16.9 Å². The maximum atomic E-state index is 12.8. The highest BCUT2D eigenvalue weighted by atomic mass is 16.2. The van der Waals surface area contributed by atoms with Crippen molar-refractivity contribution in [1.29, 1.82) is 0 Å². The molecule has 0 atom stereocenters. The molecule has 126 valence electrons. The van der Waals surface area contributed by atoms with Crippen LogP contribution in [-0.2, 0) is 0 Å². The molecular formula is C19H24N4O. The number of pyridine rings is 1. The zero-order valence-electron chi connectivity index (χ0n) is 14.5. The second kappa shape index (κ2) is 7.01. The van der Waals surface area contributed by atoms with Crippen molar-refractivity contribution in [1.82, 2.24) is 10.3 Å². The third kappa shape index (κ3) is 3.12. The van der Waals surface area contributed by atoms with Gasteiger partial charge in [-0.25, -0.2) is 4.98 Å². The normalized spacial score (nSPS) is 13.8. The summed E-state index contributed by atoms with van der Waals surface area (Å²) in [7, 11) is 1.82. The number of nitrogens with one attached hydrogen (secondary N) is 1. The molecule has 3 rings (SSSR count). The zero-order chi connectivity index (χ0) is 17.1. The van der Waals surface area contributed by atoms with Crippen molar-refractivity contribution < 1.29 is 4.79 Å². The first-order chi connectivity index (χ1) is 11.6. The third-order valence-electron chi connectivity index (χ3n) is 4.22. The summed E-state index contributed by atoms with van der Waals surface area (Å²) in [6.07, 6.45) is 2.72. The lowest BCUT2D eigenvalue weighted by Crippen LogP contribution is -2.28. The Morgan fingerprint density at radius 2 is 1.88 bits per heavy atom. The molecule has 0 saturated heterocycles. The molecular weight excluding hydrogens is 300 g/mol. The van der Waals surface area contributed by atoms with Gasteiger partial charge in [-0.05, 0) is 37.2 Å². The molecule has 1 amide bonds. The van der Waals surface area contributed by atoms with Gasteiger partial charge in [0.25, 0.3) is 5.91 Å². The van der Waals surface area contributed by atoms with Crippen molar-refractivity contribution in [2.24, 2.45) is 0 Å². The minimum Gasteiger partial charge on any atom is -0.324 e. The number of anilines is 3. The number of hydrogen-bond acceptors (Lipinski definition) is 4. The molecule has 5 nitrogen and oxygen atoms in total. The molecule has 0 bridgehead atoms. The Balaban J connectivity index is 1.98. The van der Waals surface area contributed by atoms with Gasteiger partial charge >= 0.3 is 0 Å². The molecule has 1 N–H and O–H groups in total. The molecule has 5 heteroatoms. The first-order valence-corrected chi connectivity index (χ1v) is 8.42. The Kier molecular flexibility index (Phi) is 4.81. The fourth-order valence-electron chi connectivity index (χ4n) is 3.01. The van der Waals surface area contributed by atoms with Crippen molar-refractivity contribution in [3.8, 4) is 0 Å². The number of fused-ring (bicyclic) bond motifs is 2. The number of para-hydroxylation sites is 2. The van der Waals surface area contributed by atoms with Crippen LogP contribution < -0.4 is 15.1 Å². The van der Waals surface area contributed by atoms with Crippen molar-refractivity contribution in [3.63, 3.8) is 0 Å². The van der Waals surface area contributed by atoms with Gasteiger partial charge in [0, 0.05) is 25.8 Å². The number of nitrogens with zero attached hydrogens (tertiary/aromatic N) is 3. The largest absolute Gasteiger partial charge is 0.324 e. The van der Waals surface area contributed by atoms with E-state index in [1.165, 1.54) is 0 Å². The van der Waals surface area contributed by atoms with Crippen LogP contribution in [0.2, 0.25) is 0 Å². The van der Waals surface area contributed by atoms with E-state index in [2.05, 4.69) is 35.1 Å². The van der Waals surface area contributed by atoms with Gasteiger partial charge in [-0.15, -0.1) is 0 Å². The summed E-state index contributed by atoms with van der Waals surface area (Å²) in [6.45, 7) is 6.03. The standard InChI is InChI=1S/C19H24N4O/c1-14(2)20-12-7-13-23-17-10-5-4-9-16(17)22(3)19(24)15-8-6-11-21-18(15)23/h4-6,8-11,14,20H,7,12-13H2,1-3H3. The molecule has 1 aliphatic heterocycles. The average Bonchev–Trinajstić information content (AvgIpc) is 2.68. The third-order valence-corrected chi connectivity index (χ3v) is 4.22. The van der Waals surface area contributed by atoms with Crippen LogP contribution in [0.1, 0.15) is 30.6 Å². The van der Waals surface area contributed by atoms with Crippen LogP contribution in [0.5, 0.6) is 0 Å². The van der Waals surface area contributed by atoms with Crippen molar-refractivity contribution in [2.75, 3.05) is 29.9 Å². The van der Waals surface area contributed by atoms with E-state index in [-0.39, 0.29) is 5.91 Å². The highest BCUT2D eigenvalue weighted by Gasteiger charge is 2.29. The summed E-state index contributed by atoms with van der Waals surface area (Å²) in [5.74, 6) is 0.720. The van der Waals surface area contributed by atoms with E-state index < -0.39 is 0 Å². The first-order valence-electron chi connectivity index (χ1n) is 8.42. The molecule has 1 aromatic heterocycles. The van der Waals surface area contributed by atoms with E-state index in [1.54, 1.807) is 11.1 Å². The van der Waals surface area contributed by atoms with E-state index in [9.17, 15) is 4.79 Å². The van der Waals surface area contributed by atoms with Crippen LogP contribution in [0, 0.1) is 0 Å². The number of rotatable bonds is 5. The molecule has 1 aliphatic rings. The molecule has 0 spiro atoms. The number of hydrogen-bond donors (Lipinski definition) is 1. The van der Waals surface area contributed by atoms with Crippen LogP contribution >= 0.6 is 0 Å². The van der Waals surface area contributed by atoms with Crippen LogP contribution in [0.25, 0.3) is 0 Å². The lowest BCUT2D eigenvalue weighted by Gasteiger charge is -2.25. The lowest BCUT2D eigenvalue weighted by atomic mass is 10.2. The molecule has 0 saturated carbocycles. The van der Waals surface area contributed by atoms with Crippen LogP contribution in [-0.4, -0.2) is 37.1 Å². The summed E-state index contributed by atoms with van der Waals surface area (Å²) in [6, 6.07) is 12.2. The number of carbonyl (C=O) groups excluding carboxylic acids is 1. The van der Waals surface area contributed by atoms with Crippen molar-refractivity contribution in [2.45, 2.75) is 26.3 Å². The summed E-state index contributed by atoms with van der Waals surface area (Å²) in [4.78, 5) is 21.2. The average molecular weight is 324 g/mol. The number of carbonyl (C=O) groups is 1. The molecule has 0 unspecified atom stereocenters. The topological polar surface area (TPSA) is 48.5 Å². The van der Waals surface area contributed by atoms with Crippen molar-refractivity contribution in [3.05, 3.63) is 48.2 Å². The summed E-state index contributed by atoms with van der Waals surface area (Å²) in [5, 5.41) is 3.44. The van der Waals surface area contributed by atoms with E-state index >= 15 is 0 Å². The van der Waals surface area contributed by atoms with Gasteiger partial charge in [-0.2, -0.15) is 0 Å². The summed E-state index contributed by atoms with van der Waals surface area (Å²) in [5.41, 5.74) is 2.58. The van der Waals surface area contributed by atoms with Crippen LogP contribution in [0.3, 0.4) is 0 Å². The SMILES string of the molecule is CC(C)NCCCN1c2ccccc2N(C)C(=O)c2cccnc21. The smallest absolute Gasteiger partial charge is 0.261 e. The Bertz CT molecular complexity index is 729. The van der Waals surface area contributed by atoms with E-state index in [1.807, 2.05) is 37.4 Å². The molecule has 0 radical (unpaired) electrons. The van der Waals surface area contributed by atoms with Gasteiger partial charge in [-0.1, -0.05) is 26.0 Å². The molecule has 0 aliphatic carbocycles. The quantitative estimate of drug-likeness (QED) is 0.858. The van der Waals surface area contributed by atoms with E-state index in [4.69, 9.17) is 0 Å². The van der Waals surface area contributed by atoms with Gasteiger partial charge < -0.3 is 15.1 Å². The highest BCUT2D eigenvalue weighted by Crippen LogP contribution is 2.38. The molecule has 2 aromatic rings. The Hall–Kier alpha value is -2.40. The van der Waals surface area contributed by atoms with Crippen LogP contribution in [0.15, 0.2) is 42.6 Å². The fourth-order valence-corrected chi connectivity index (χ4v) is 3.01. The minimum atomic E-state index is -0.0200. The van der Waals surface area contributed by atoms with Crippen molar-refractivity contribution >= 4 is 23.1 Å². The number of benzene rings is 1. The fraction of sp³-hybridized carbons (Fsp3) is 0.368. The predicted octanol–water partition coefficient (Wildman–Crippen LogP) is 3.20. The molecule has 2 heterocycles. The maximum Gasteiger partial charge on any atom is 0.261 e. The van der Waals surface area contributed by atoms with Gasteiger partial charge in [0.2, 0.25) is 0 Å². The molecule has 0 fully saturated rings. The van der Waals surface area contributed by atoms with Gasteiger partial charge in [0.15, 0.2) is 0 Å².